The van der Waals surface area contributed by atoms with Gasteiger partial charge in [-0.1, -0.05) is 54.4 Å². The van der Waals surface area contributed by atoms with Crippen molar-refractivity contribution in [2.75, 3.05) is 6.54 Å². The van der Waals surface area contributed by atoms with Crippen molar-refractivity contribution < 1.29 is 0 Å². The van der Waals surface area contributed by atoms with Gasteiger partial charge in [-0.25, -0.2) is 0 Å². The third kappa shape index (κ3) is 4.91. The lowest BCUT2D eigenvalue weighted by atomic mass is 9.72. The van der Waals surface area contributed by atoms with Crippen molar-refractivity contribution in [3.05, 3.63) is 0 Å². The van der Waals surface area contributed by atoms with Gasteiger partial charge in [0.1, 0.15) is 0 Å². The molecule has 4 atom stereocenters. The molecule has 0 heterocycles. The van der Waals surface area contributed by atoms with Gasteiger partial charge in [-0.3, -0.25) is 0 Å². The van der Waals surface area contributed by atoms with Crippen molar-refractivity contribution in [1.82, 2.24) is 5.32 Å². The van der Waals surface area contributed by atoms with Crippen LogP contribution in [0.4, 0.5) is 0 Å². The summed E-state index contributed by atoms with van der Waals surface area (Å²) >= 11 is 0. The molecule has 0 aromatic carbocycles. The standard InChI is InChI=1S/C17H35N/c1-7-18-16(12-14(3)17(4,5)6)15-10-8-9-13(2)11-15/h13-16,18H,7-12H2,1-6H3. The van der Waals surface area contributed by atoms with Crippen molar-refractivity contribution >= 4 is 0 Å². The smallest absolute Gasteiger partial charge is 0.00980 e. The Morgan fingerprint density at radius 3 is 2.39 bits per heavy atom. The fourth-order valence-corrected chi connectivity index (χ4v) is 3.29. The number of hydrogen-bond acceptors (Lipinski definition) is 1. The van der Waals surface area contributed by atoms with E-state index in [0.717, 1.165) is 30.3 Å². The summed E-state index contributed by atoms with van der Waals surface area (Å²) in [4.78, 5) is 0. The van der Waals surface area contributed by atoms with Crippen LogP contribution in [0.2, 0.25) is 0 Å². The molecule has 1 saturated carbocycles. The first kappa shape index (κ1) is 16.0. The van der Waals surface area contributed by atoms with E-state index in [2.05, 4.69) is 46.9 Å². The van der Waals surface area contributed by atoms with E-state index in [1.54, 1.807) is 0 Å². The van der Waals surface area contributed by atoms with E-state index in [4.69, 9.17) is 0 Å². The van der Waals surface area contributed by atoms with Gasteiger partial charge in [0, 0.05) is 6.04 Å². The van der Waals surface area contributed by atoms with Crippen LogP contribution in [0.1, 0.15) is 73.6 Å². The molecule has 0 aromatic heterocycles. The first-order chi connectivity index (χ1) is 8.34. The first-order valence-electron chi connectivity index (χ1n) is 8.08. The fraction of sp³-hybridized carbons (Fsp3) is 1.00. The first-order valence-corrected chi connectivity index (χ1v) is 8.08. The second-order valence-corrected chi connectivity index (χ2v) is 7.70. The summed E-state index contributed by atoms with van der Waals surface area (Å²) in [5, 5.41) is 3.78. The molecule has 0 spiro atoms. The Labute approximate surface area is 115 Å². The van der Waals surface area contributed by atoms with Crippen molar-refractivity contribution in [1.29, 1.82) is 0 Å². The van der Waals surface area contributed by atoms with Crippen LogP contribution in [0.25, 0.3) is 0 Å². The third-order valence-corrected chi connectivity index (χ3v) is 5.10. The van der Waals surface area contributed by atoms with E-state index in [9.17, 15) is 0 Å². The molecule has 1 heteroatoms. The van der Waals surface area contributed by atoms with Crippen LogP contribution in [0.3, 0.4) is 0 Å². The van der Waals surface area contributed by atoms with Crippen LogP contribution < -0.4 is 5.32 Å². The Balaban J connectivity index is 2.58. The quantitative estimate of drug-likeness (QED) is 0.737. The van der Waals surface area contributed by atoms with Gasteiger partial charge in [-0.15, -0.1) is 0 Å². The maximum atomic E-state index is 3.78. The van der Waals surface area contributed by atoms with Gasteiger partial charge < -0.3 is 5.32 Å². The number of hydrogen-bond donors (Lipinski definition) is 1. The summed E-state index contributed by atoms with van der Waals surface area (Å²) < 4.78 is 0. The van der Waals surface area contributed by atoms with Gasteiger partial charge in [0.2, 0.25) is 0 Å². The molecule has 1 rings (SSSR count). The van der Waals surface area contributed by atoms with Crippen LogP contribution in [0, 0.1) is 23.2 Å². The predicted molar refractivity (Wildman–Crippen MR) is 81.8 cm³/mol. The Bertz CT molecular complexity index is 228. The zero-order chi connectivity index (χ0) is 13.8. The summed E-state index contributed by atoms with van der Waals surface area (Å²) in [5.74, 6) is 2.65. The molecular formula is C17H35N. The van der Waals surface area contributed by atoms with E-state index < -0.39 is 0 Å². The van der Waals surface area contributed by atoms with E-state index in [1.807, 2.05) is 0 Å². The largest absolute Gasteiger partial charge is 0.314 e. The van der Waals surface area contributed by atoms with E-state index in [-0.39, 0.29) is 0 Å². The molecule has 0 saturated heterocycles. The number of nitrogens with one attached hydrogen (secondary N) is 1. The molecule has 1 N–H and O–H groups in total. The SMILES string of the molecule is CCNC(CC(C)C(C)(C)C)C1CCCC(C)C1. The Kier molecular flexibility index (Phi) is 6.17. The van der Waals surface area contributed by atoms with E-state index >= 15 is 0 Å². The van der Waals surface area contributed by atoms with Crippen molar-refractivity contribution in [2.45, 2.75) is 79.7 Å². The molecule has 1 nitrogen and oxygen atoms in total. The highest BCUT2D eigenvalue weighted by Crippen LogP contribution is 2.36. The highest BCUT2D eigenvalue weighted by Gasteiger charge is 2.30. The molecule has 1 aliphatic rings. The monoisotopic (exact) mass is 253 g/mol. The van der Waals surface area contributed by atoms with Crippen LogP contribution in [0.5, 0.6) is 0 Å². The summed E-state index contributed by atoms with van der Waals surface area (Å²) in [6.45, 7) is 15.4. The molecule has 1 aliphatic carbocycles. The molecule has 0 aromatic rings. The Hall–Kier alpha value is -0.0400. The molecule has 0 aliphatic heterocycles. The molecule has 0 radical (unpaired) electrons. The lowest BCUT2D eigenvalue weighted by molar-refractivity contribution is 0.162. The van der Waals surface area contributed by atoms with Gasteiger partial charge >= 0.3 is 0 Å². The van der Waals surface area contributed by atoms with Crippen LogP contribution in [-0.4, -0.2) is 12.6 Å². The number of rotatable bonds is 5. The highest BCUT2D eigenvalue weighted by atomic mass is 14.9. The van der Waals surface area contributed by atoms with Crippen LogP contribution in [-0.2, 0) is 0 Å². The van der Waals surface area contributed by atoms with E-state index in [1.165, 1.54) is 32.1 Å². The minimum atomic E-state index is 0.438. The van der Waals surface area contributed by atoms with Crippen LogP contribution in [0.15, 0.2) is 0 Å². The van der Waals surface area contributed by atoms with E-state index in [0.29, 0.717) is 5.41 Å². The molecule has 4 unspecified atom stereocenters. The summed E-state index contributed by atoms with van der Waals surface area (Å²) in [5.41, 5.74) is 0.438. The summed E-state index contributed by atoms with van der Waals surface area (Å²) in [6, 6.07) is 0.743. The molecule has 1 fully saturated rings. The second-order valence-electron chi connectivity index (χ2n) is 7.70. The topological polar surface area (TPSA) is 12.0 Å². The molecule has 108 valence electrons. The predicted octanol–water partition coefficient (Wildman–Crippen LogP) is 4.86. The lowest BCUT2D eigenvalue weighted by Gasteiger charge is -2.38. The van der Waals surface area contributed by atoms with Crippen molar-refractivity contribution in [2.24, 2.45) is 23.2 Å². The summed E-state index contributed by atoms with van der Waals surface area (Å²) in [7, 11) is 0. The molecular weight excluding hydrogens is 218 g/mol. The Morgan fingerprint density at radius 2 is 1.89 bits per heavy atom. The fourth-order valence-electron chi connectivity index (χ4n) is 3.29. The van der Waals surface area contributed by atoms with Gasteiger partial charge in [0.15, 0.2) is 0 Å². The molecule has 0 bridgehead atoms. The van der Waals surface area contributed by atoms with Gasteiger partial charge in [0.05, 0.1) is 0 Å². The normalized spacial score (nSPS) is 29.0. The van der Waals surface area contributed by atoms with Crippen molar-refractivity contribution in [3.8, 4) is 0 Å². The minimum Gasteiger partial charge on any atom is -0.314 e. The zero-order valence-corrected chi connectivity index (χ0v) is 13.6. The maximum Gasteiger partial charge on any atom is 0.00980 e. The van der Waals surface area contributed by atoms with Crippen LogP contribution >= 0.6 is 0 Å². The average molecular weight is 253 g/mol. The highest BCUT2D eigenvalue weighted by molar-refractivity contribution is 4.85. The summed E-state index contributed by atoms with van der Waals surface area (Å²) in [6.07, 6.45) is 7.12. The molecule has 0 amide bonds. The maximum absolute atomic E-state index is 3.78. The van der Waals surface area contributed by atoms with Crippen molar-refractivity contribution in [3.63, 3.8) is 0 Å². The average Bonchev–Trinajstić information content (AvgIpc) is 2.27. The minimum absolute atomic E-state index is 0.438. The zero-order valence-electron chi connectivity index (χ0n) is 13.6. The van der Waals surface area contributed by atoms with Gasteiger partial charge in [0.25, 0.3) is 0 Å². The van der Waals surface area contributed by atoms with Gasteiger partial charge in [-0.05, 0) is 49.0 Å². The van der Waals surface area contributed by atoms with Gasteiger partial charge in [-0.2, -0.15) is 0 Å². The third-order valence-electron chi connectivity index (χ3n) is 5.10. The lowest BCUT2D eigenvalue weighted by Crippen LogP contribution is -2.41. The Morgan fingerprint density at radius 1 is 1.22 bits per heavy atom. The second kappa shape index (κ2) is 6.93. The molecule has 18 heavy (non-hydrogen) atoms.